The number of anilines is 2. The number of carbonyl (C=O) groups is 3. The van der Waals surface area contributed by atoms with Crippen LogP contribution in [0.25, 0.3) is 0 Å². The van der Waals surface area contributed by atoms with Crippen molar-refractivity contribution >= 4 is 51.7 Å². The van der Waals surface area contributed by atoms with Gasteiger partial charge in [0.15, 0.2) is 5.92 Å². The molecular weight excluding hydrogens is 516 g/mol. The van der Waals surface area contributed by atoms with Crippen molar-refractivity contribution in [2.45, 2.75) is 6.92 Å². The van der Waals surface area contributed by atoms with E-state index in [1.165, 1.54) is 31.2 Å². The fourth-order valence-electron chi connectivity index (χ4n) is 3.82. The van der Waals surface area contributed by atoms with Crippen LogP contribution in [0.5, 0.6) is 0 Å². The van der Waals surface area contributed by atoms with Gasteiger partial charge in [-0.25, -0.2) is 0 Å². The number of aryl methyl sites for hydroxylation is 1. The van der Waals surface area contributed by atoms with E-state index >= 15 is 0 Å². The van der Waals surface area contributed by atoms with Gasteiger partial charge in [-0.05, 0) is 24.1 Å². The molecule has 2 amide bonds. The summed E-state index contributed by atoms with van der Waals surface area (Å²) < 4.78 is 0. The minimum Gasteiger partial charge on any atom is -0.319 e. The highest BCUT2D eigenvalue weighted by atomic mass is 16.6. The average molecular weight is 532 g/mol. The number of hydrogen-bond donors (Lipinski definition) is 1. The second-order valence-corrected chi connectivity index (χ2v) is 8.20. The summed E-state index contributed by atoms with van der Waals surface area (Å²) >= 11 is 0. The zero-order valence-electron chi connectivity index (χ0n) is 19.8. The minimum atomic E-state index is -1.83. The van der Waals surface area contributed by atoms with Crippen LogP contribution in [0.3, 0.4) is 0 Å². The summed E-state index contributed by atoms with van der Waals surface area (Å²) in [5.41, 5.74) is -1.78. The van der Waals surface area contributed by atoms with Gasteiger partial charge in [0.1, 0.15) is 5.69 Å². The minimum absolute atomic E-state index is 0.0333. The van der Waals surface area contributed by atoms with Crippen LogP contribution < -0.4 is 10.3 Å². The zero-order chi connectivity index (χ0) is 28.4. The number of rotatable bonds is 8. The number of nitrogens with zero attached hydrogens (tertiary/aromatic N) is 5. The number of nitro benzene ring substituents is 3. The van der Waals surface area contributed by atoms with Crippen LogP contribution in [0, 0.1) is 43.2 Å². The van der Waals surface area contributed by atoms with E-state index in [1.54, 1.807) is 18.2 Å². The van der Waals surface area contributed by atoms with Crippen LogP contribution in [0.1, 0.15) is 11.1 Å². The average Bonchev–Trinajstić information content (AvgIpc) is 3.25. The summed E-state index contributed by atoms with van der Waals surface area (Å²) in [5, 5.41) is 40.8. The molecule has 1 atom stereocenters. The summed E-state index contributed by atoms with van der Waals surface area (Å²) in [6.45, 7) is 1.54. The number of Topliss-reactive ketones (excluding diaryl/α,β-unsaturated/α-hetero) is 1. The Morgan fingerprint density at radius 2 is 1.49 bits per heavy atom. The Kier molecular flexibility index (Phi) is 6.89. The maximum absolute atomic E-state index is 13.5. The van der Waals surface area contributed by atoms with E-state index in [4.69, 9.17) is 0 Å². The molecule has 1 N–H and O–H groups in total. The SMILES string of the molecule is Cc1ccc([N+](=O)[O-])cc1NC(=O)C(=O)[C@H]1C(=O)N(c2ccc([N+](=O)[O-])cc2[N+](=O)[O-])N=C1c1ccccc1. The molecule has 0 fully saturated rings. The van der Waals surface area contributed by atoms with Crippen LogP contribution in [-0.2, 0) is 14.4 Å². The van der Waals surface area contributed by atoms with Gasteiger partial charge in [-0.15, -0.1) is 0 Å². The predicted octanol–water partition coefficient (Wildman–Crippen LogP) is 3.29. The predicted molar refractivity (Wildman–Crippen MR) is 135 cm³/mol. The highest BCUT2D eigenvalue weighted by molar-refractivity contribution is 6.51. The number of amides is 2. The van der Waals surface area contributed by atoms with E-state index in [-0.39, 0.29) is 22.6 Å². The maximum atomic E-state index is 13.5. The molecule has 0 aromatic heterocycles. The van der Waals surface area contributed by atoms with Gasteiger partial charge < -0.3 is 5.32 Å². The third-order valence-electron chi connectivity index (χ3n) is 5.77. The molecule has 3 aromatic rings. The molecule has 39 heavy (non-hydrogen) atoms. The van der Waals surface area contributed by atoms with Crippen molar-refractivity contribution in [3.05, 3.63) is 108 Å². The molecule has 4 rings (SSSR count). The number of nitro groups is 3. The first-order valence-corrected chi connectivity index (χ1v) is 11.0. The Morgan fingerprint density at radius 3 is 2.10 bits per heavy atom. The third kappa shape index (κ3) is 5.04. The van der Waals surface area contributed by atoms with E-state index in [9.17, 15) is 44.7 Å². The monoisotopic (exact) mass is 532 g/mol. The lowest BCUT2D eigenvalue weighted by molar-refractivity contribution is -0.393. The molecule has 1 heterocycles. The van der Waals surface area contributed by atoms with Crippen molar-refractivity contribution in [2.75, 3.05) is 10.3 Å². The van der Waals surface area contributed by atoms with E-state index in [2.05, 4.69) is 10.4 Å². The Bertz CT molecular complexity index is 1600. The molecule has 1 aliphatic heterocycles. The smallest absolute Gasteiger partial charge is 0.301 e. The van der Waals surface area contributed by atoms with E-state index in [0.717, 1.165) is 18.2 Å². The molecular formula is C24H16N6O9. The summed E-state index contributed by atoms with van der Waals surface area (Å²) in [6, 6.07) is 14.0. The number of ketones is 1. The van der Waals surface area contributed by atoms with Crippen molar-refractivity contribution < 1.29 is 29.2 Å². The van der Waals surface area contributed by atoms with Crippen LogP contribution in [0.15, 0.2) is 71.8 Å². The summed E-state index contributed by atoms with van der Waals surface area (Å²) in [5.74, 6) is -5.50. The molecule has 0 aliphatic carbocycles. The molecule has 0 bridgehead atoms. The van der Waals surface area contributed by atoms with Crippen LogP contribution in [0.4, 0.5) is 28.4 Å². The molecule has 0 saturated carbocycles. The van der Waals surface area contributed by atoms with Crippen molar-refractivity contribution in [3.63, 3.8) is 0 Å². The molecule has 3 aromatic carbocycles. The normalized spacial score (nSPS) is 14.5. The Morgan fingerprint density at radius 1 is 0.872 bits per heavy atom. The number of benzene rings is 3. The van der Waals surface area contributed by atoms with Crippen LogP contribution in [-0.4, -0.2) is 38.1 Å². The van der Waals surface area contributed by atoms with Crippen LogP contribution in [0.2, 0.25) is 0 Å². The molecule has 15 heteroatoms. The standard InChI is InChI=1S/C24H16N6O9/c1-13-7-8-15(28(34)35)11-17(13)25-23(32)22(31)20-21(14-5-3-2-4-6-14)26-27(24(20)33)18-10-9-16(29(36)37)12-19(18)30(38)39/h2-12,20H,1H3,(H,25,32)/t20-/m0/s1. The highest BCUT2D eigenvalue weighted by Crippen LogP contribution is 2.36. The van der Waals surface area contributed by atoms with Crippen molar-refractivity contribution in [1.82, 2.24) is 0 Å². The van der Waals surface area contributed by atoms with Gasteiger partial charge in [0.2, 0.25) is 5.78 Å². The molecule has 15 nitrogen and oxygen atoms in total. The van der Waals surface area contributed by atoms with Crippen LogP contribution >= 0.6 is 0 Å². The Labute approximate surface area is 217 Å². The van der Waals surface area contributed by atoms with Gasteiger partial charge in [-0.1, -0.05) is 36.4 Å². The molecule has 0 saturated heterocycles. The van der Waals surface area contributed by atoms with Gasteiger partial charge in [0, 0.05) is 18.2 Å². The third-order valence-corrected chi connectivity index (χ3v) is 5.77. The number of carbonyl (C=O) groups excluding carboxylic acids is 3. The summed E-state index contributed by atoms with van der Waals surface area (Å²) in [4.78, 5) is 71.1. The molecule has 0 spiro atoms. The lowest BCUT2D eigenvalue weighted by atomic mass is 9.92. The number of hydrogen-bond acceptors (Lipinski definition) is 10. The van der Waals surface area contributed by atoms with E-state index < -0.39 is 55.3 Å². The van der Waals surface area contributed by atoms with Gasteiger partial charge in [0.05, 0.1) is 32.2 Å². The summed E-state index contributed by atoms with van der Waals surface area (Å²) in [6.07, 6.45) is 0. The van der Waals surface area contributed by atoms with Gasteiger partial charge in [0.25, 0.3) is 23.2 Å². The van der Waals surface area contributed by atoms with Gasteiger partial charge >= 0.3 is 5.69 Å². The first-order valence-electron chi connectivity index (χ1n) is 11.0. The molecule has 1 aliphatic rings. The molecule has 196 valence electrons. The largest absolute Gasteiger partial charge is 0.319 e. The summed E-state index contributed by atoms with van der Waals surface area (Å²) in [7, 11) is 0. The number of hydrazone groups is 1. The van der Waals surface area contributed by atoms with Gasteiger partial charge in [-0.3, -0.25) is 44.7 Å². The first-order chi connectivity index (χ1) is 18.5. The number of nitrogens with one attached hydrogen (secondary N) is 1. The lowest BCUT2D eigenvalue weighted by Crippen LogP contribution is -2.40. The fraction of sp³-hybridized carbons (Fsp3) is 0.0833. The Balaban J connectivity index is 1.75. The first kappa shape index (κ1) is 26.2. The molecule has 0 unspecified atom stereocenters. The van der Waals surface area contributed by atoms with Crippen molar-refractivity contribution in [2.24, 2.45) is 11.0 Å². The molecule has 0 radical (unpaired) electrons. The fourth-order valence-corrected chi connectivity index (χ4v) is 3.82. The maximum Gasteiger partial charge on any atom is 0.301 e. The second kappa shape index (κ2) is 10.3. The topological polar surface area (TPSA) is 208 Å². The van der Waals surface area contributed by atoms with E-state index in [0.29, 0.717) is 16.6 Å². The number of non-ortho nitro benzene ring substituents is 2. The van der Waals surface area contributed by atoms with Crippen molar-refractivity contribution in [3.8, 4) is 0 Å². The lowest BCUT2D eigenvalue weighted by Gasteiger charge is -2.14. The van der Waals surface area contributed by atoms with E-state index in [1.807, 2.05) is 0 Å². The van der Waals surface area contributed by atoms with Gasteiger partial charge in [-0.2, -0.15) is 10.1 Å². The highest BCUT2D eigenvalue weighted by Gasteiger charge is 2.46. The Hall–Kier alpha value is -5.86. The zero-order valence-corrected chi connectivity index (χ0v) is 19.8. The van der Waals surface area contributed by atoms with Crippen molar-refractivity contribution in [1.29, 1.82) is 0 Å². The second-order valence-electron chi connectivity index (χ2n) is 8.20. The quantitative estimate of drug-likeness (QED) is 0.195.